The van der Waals surface area contributed by atoms with Crippen molar-refractivity contribution in [3.63, 3.8) is 0 Å². The predicted octanol–water partition coefficient (Wildman–Crippen LogP) is 1.41. The van der Waals surface area contributed by atoms with Gasteiger partial charge >= 0.3 is 12.0 Å². The van der Waals surface area contributed by atoms with Gasteiger partial charge in [-0.3, -0.25) is 0 Å². The lowest BCUT2D eigenvalue weighted by Crippen LogP contribution is -2.42. The van der Waals surface area contributed by atoms with Gasteiger partial charge in [-0.1, -0.05) is 0 Å². The summed E-state index contributed by atoms with van der Waals surface area (Å²) in [7, 11) is 0. The van der Waals surface area contributed by atoms with Crippen LogP contribution in [-0.2, 0) is 0 Å². The zero-order valence-electron chi connectivity index (χ0n) is 11.7. The molecule has 0 bridgehead atoms. The van der Waals surface area contributed by atoms with Gasteiger partial charge in [-0.2, -0.15) is 0 Å². The van der Waals surface area contributed by atoms with E-state index < -0.39 is 5.97 Å². The van der Waals surface area contributed by atoms with E-state index in [1.54, 1.807) is 4.90 Å². The summed E-state index contributed by atoms with van der Waals surface area (Å²) in [4.78, 5) is 28.3. The van der Waals surface area contributed by atoms with Gasteiger partial charge in [0.2, 0.25) is 0 Å². The van der Waals surface area contributed by atoms with Crippen LogP contribution in [0.15, 0.2) is 18.3 Å². The Balaban J connectivity index is 1.92. The molecule has 1 unspecified atom stereocenters. The van der Waals surface area contributed by atoms with E-state index in [4.69, 9.17) is 10.2 Å². The minimum Gasteiger partial charge on any atom is -0.477 e. The molecule has 1 fully saturated rings. The molecule has 0 aromatic carbocycles. The monoisotopic (exact) mass is 293 g/mol. The Labute approximate surface area is 122 Å². The number of aliphatic hydroxyl groups excluding tert-OH is 1. The number of hydrogen-bond donors (Lipinski definition) is 3. The van der Waals surface area contributed by atoms with Gasteiger partial charge in [0.15, 0.2) is 0 Å². The molecule has 0 aliphatic carbocycles. The maximum Gasteiger partial charge on any atom is 0.354 e. The highest BCUT2D eigenvalue weighted by Gasteiger charge is 2.23. The second kappa shape index (κ2) is 7.03. The van der Waals surface area contributed by atoms with Gasteiger partial charge in [-0.15, -0.1) is 0 Å². The van der Waals surface area contributed by atoms with Crippen LogP contribution < -0.4 is 5.32 Å². The summed E-state index contributed by atoms with van der Waals surface area (Å²) in [5.41, 5.74) is 0.406. The van der Waals surface area contributed by atoms with Crippen molar-refractivity contribution in [3.8, 4) is 0 Å². The molecular weight excluding hydrogens is 274 g/mol. The SMILES string of the molecule is O=C(O)c1ccc(NC(=O)N2CCCC(CCO)C2)cn1. The maximum atomic E-state index is 12.1. The topological polar surface area (TPSA) is 103 Å². The van der Waals surface area contributed by atoms with Gasteiger partial charge < -0.3 is 20.4 Å². The van der Waals surface area contributed by atoms with E-state index in [0.29, 0.717) is 31.1 Å². The van der Waals surface area contributed by atoms with Crippen molar-refractivity contribution in [2.45, 2.75) is 19.3 Å². The number of carbonyl (C=O) groups is 2. The molecular formula is C14H19N3O4. The smallest absolute Gasteiger partial charge is 0.354 e. The average molecular weight is 293 g/mol. The van der Waals surface area contributed by atoms with E-state index >= 15 is 0 Å². The normalized spacial score (nSPS) is 18.3. The fourth-order valence-electron chi connectivity index (χ4n) is 2.46. The third-order valence-corrected chi connectivity index (χ3v) is 3.58. The van der Waals surface area contributed by atoms with Crippen LogP contribution in [0.5, 0.6) is 0 Å². The van der Waals surface area contributed by atoms with Gasteiger partial charge in [-0.25, -0.2) is 14.6 Å². The lowest BCUT2D eigenvalue weighted by Gasteiger charge is -2.32. The number of anilines is 1. The Morgan fingerprint density at radius 3 is 2.86 bits per heavy atom. The summed E-state index contributed by atoms with van der Waals surface area (Å²) in [6.07, 6.45) is 3.99. The van der Waals surface area contributed by atoms with E-state index in [2.05, 4.69) is 10.3 Å². The average Bonchev–Trinajstić information content (AvgIpc) is 2.48. The first kappa shape index (κ1) is 15.2. The van der Waals surface area contributed by atoms with Crippen molar-refractivity contribution < 1.29 is 19.8 Å². The number of aliphatic hydroxyl groups is 1. The van der Waals surface area contributed by atoms with Crippen molar-refractivity contribution in [1.82, 2.24) is 9.88 Å². The highest BCUT2D eigenvalue weighted by molar-refractivity contribution is 5.90. The number of carboxylic acids is 1. The molecule has 0 radical (unpaired) electrons. The molecule has 7 heteroatoms. The van der Waals surface area contributed by atoms with Gasteiger partial charge in [0.05, 0.1) is 11.9 Å². The number of rotatable bonds is 4. The molecule has 1 saturated heterocycles. The first-order chi connectivity index (χ1) is 10.1. The molecule has 7 nitrogen and oxygen atoms in total. The molecule has 2 heterocycles. The number of carboxylic acid groups (broad SMARTS) is 1. The summed E-state index contributed by atoms with van der Waals surface area (Å²) in [6.45, 7) is 1.46. The molecule has 1 atom stereocenters. The Morgan fingerprint density at radius 1 is 1.43 bits per heavy atom. The Hall–Kier alpha value is -2.15. The highest BCUT2D eigenvalue weighted by Crippen LogP contribution is 2.20. The summed E-state index contributed by atoms with van der Waals surface area (Å²) in [5.74, 6) is -0.766. The number of nitrogens with zero attached hydrogens (tertiary/aromatic N) is 2. The molecule has 21 heavy (non-hydrogen) atoms. The van der Waals surface area contributed by atoms with Crippen LogP contribution in [0.1, 0.15) is 29.8 Å². The van der Waals surface area contributed by atoms with E-state index in [9.17, 15) is 9.59 Å². The highest BCUT2D eigenvalue weighted by atomic mass is 16.4. The van der Waals surface area contributed by atoms with Gasteiger partial charge in [0, 0.05) is 19.7 Å². The van der Waals surface area contributed by atoms with Crippen LogP contribution in [0.4, 0.5) is 10.5 Å². The summed E-state index contributed by atoms with van der Waals surface area (Å²) < 4.78 is 0. The molecule has 1 aliphatic heterocycles. The molecule has 1 aromatic heterocycles. The van der Waals surface area contributed by atoms with Crippen LogP contribution in [0.2, 0.25) is 0 Å². The number of urea groups is 1. The van der Waals surface area contributed by atoms with Crippen LogP contribution in [0.3, 0.4) is 0 Å². The molecule has 1 aromatic rings. The van der Waals surface area contributed by atoms with Crippen molar-refractivity contribution in [2.24, 2.45) is 5.92 Å². The molecule has 2 rings (SSSR count). The fourth-order valence-corrected chi connectivity index (χ4v) is 2.46. The number of hydrogen-bond acceptors (Lipinski definition) is 4. The van der Waals surface area contributed by atoms with Crippen LogP contribution in [0, 0.1) is 5.92 Å². The number of aromatic carboxylic acids is 1. The van der Waals surface area contributed by atoms with Crippen molar-refractivity contribution in [2.75, 3.05) is 25.0 Å². The third kappa shape index (κ3) is 4.16. The summed E-state index contributed by atoms with van der Waals surface area (Å²) >= 11 is 0. The van der Waals surface area contributed by atoms with E-state index in [0.717, 1.165) is 12.8 Å². The summed E-state index contributed by atoms with van der Waals surface area (Å²) in [6, 6.07) is 2.65. The maximum absolute atomic E-state index is 12.1. The van der Waals surface area contributed by atoms with E-state index in [1.807, 2.05) is 0 Å². The zero-order valence-corrected chi connectivity index (χ0v) is 11.7. The lowest BCUT2D eigenvalue weighted by molar-refractivity contribution is 0.0690. The number of carbonyl (C=O) groups excluding carboxylic acids is 1. The molecule has 1 aliphatic rings. The van der Waals surface area contributed by atoms with Crippen molar-refractivity contribution in [3.05, 3.63) is 24.0 Å². The molecule has 114 valence electrons. The predicted molar refractivity (Wildman–Crippen MR) is 76.2 cm³/mol. The largest absolute Gasteiger partial charge is 0.477 e. The van der Waals surface area contributed by atoms with Crippen LogP contribution in [-0.4, -0.2) is 51.8 Å². The number of pyridine rings is 1. The standard InChI is InChI=1S/C14H19N3O4/c18-7-5-10-2-1-6-17(9-10)14(21)16-11-3-4-12(13(19)20)15-8-11/h3-4,8,10,18H,1-2,5-7,9H2,(H,16,21)(H,19,20). The number of piperidine rings is 1. The second-order valence-corrected chi connectivity index (χ2v) is 5.13. The minimum atomic E-state index is -1.10. The van der Waals surface area contributed by atoms with Crippen molar-refractivity contribution in [1.29, 1.82) is 0 Å². The number of nitrogens with one attached hydrogen (secondary N) is 1. The second-order valence-electron chi connectivity index (χ2n) is 5.13. The first-order valence-corrected chi connectivity index (χ1v) is 6.96. The number of aromatic nitrogens is 1. The van der Waals surface area contributed by atoms with E-state index in [1.165, 1.54) is 18.3 Å². The third-order valence-electron chi connectivity index (χ3n) is 3.58. The van der Waals surface area contributed by atoms with Gasteiger partial charge in [0.1, 0.15) is 5.69 Å². The van der Waals surface area contributed by atoms with Crippen LogP contribution in [0.25, 0.3) is 0 Å². The molecule has 0 spiro atoms. The Kier molecular flexibility index (Phi) is 5.10. The Morgan fingerprint density at radius 2 is 2.24 bits per heavy atom. The zero-order chi connectivity index (χ0) is 15.2. The van der Waals surface area contributed by atoms with Gasteiger partial charge in [-0.05, 0) is 37.3 Å². The molecule has 2 amide bonds. The molecule has 3 N–H and O–H groups in total. The first-order valence-electron chi connectivity index (χ1n) is 6.96. The number of likely N-dealkylation sites (tertiary alicyclic amines) is 1. The van der Waals surface area contributed by atoms with Gasteiger partial charge in [0.25, 0.3) is 0 Å². The lowest BCUT2D eigenvalue weighted by atomic mass is 9.95. The van der Waals surface area contributed by atoms with E-state index in [-0.39, 0.29) is 18.3 Å². The summed E-state index contributed by atoms with van der Waals surface area (Å²) in [5, 5.41) is 20.4. The quantitative estimate of drug-likeness (QED) is 0.778. The number of amides is 2. The molecule has 0 saturated carbocycles. The minimum absolute atomic E-state index is 0.0611. The Bertz CT molecular complexity index is 501. The fraction of sp³-hybridized carbons (Fsp3) is 0.500. The van der Waals surface area contributed by atoms with Crippen molar-refractivity contribution >= 4 is 17.7 Å². The van der Waals surface area contributed by atoms with Crippen LogP contribution >= 0.6 is 0 Å².